The van der Waals surface area contributed by atoms with Crippen LogP contribution < -0.4 is 19.1 Å². The van der Waals surface area contributed by atoms with Crippen LogP contribution in [0.1, 0.15) is 5.56 Å². The fourth-order valence-corrected chi connectivity index (χ4v) is 2.86. The molecule has 0 atom stereocenters. The van der Waals surface area contributed by atoms with Crippen molar-refractivity contribution in [1.82, 2.24) is 19.7 Å². The van der Waals surface area contributed by atoms with E-state index in [0.717, 1.165) is 16.8 Å². The third-order valence-corrected chi connectivity index (χ3v) is 3.95. The number of aromatic nitrogens is 4. The van der Waals surface area contributed by atoms with Crippen LogP contribution in [0.5, 0.6) is 17.2 Å². The lowest BCUT2D eigenvalue weighted by Crippen LogP contribution is -2.18. The Morgan fingerprint density at radius 2 is 1.84 bits per heavy atom. The van der Waals surface area contributed by atoms with E-state index < -0.39 is 0 Å². The minimum Gasteiger partial charge on any atom is -0.493 e. The maximum atomic E-state index is 5.52. The van der Waals surface area contributed by atoms with Gasteiger partial charge in [-0.2, -0.15) is 5.10 Å². The molecule has 132 valence electrons. The van der Waals surface area contributed by atoms with Crippen molar-refractivity contribution in [3.8, 4) is 17.2 Å². The summed E-state index contributed by atoms with van der Waals surface area (Å²) in [6, 6.07) is 1.87. The molecule has 2 aromatic heterocycles. The highest BCUT2D eigenvalue weighted by molar-refractivity contribution is 5.96. The quantitative estimate of drug-likeness (QED) is 0.678. The zero-order valence-corrected chi connectivity index (χ0v) is 15.0. The zero-order valence-electron chi connectivity index (χ0n) is 15.0. The van der Waals surface area contributed by atoms with Gasteiger partial charge in [-0.15, -0.1) is 0 Å². The Bertz CT molecular complexity index is 893. The highest BCUT2D eigenvalue weighted by Gasteiger charge is 2.20. The Morgan fingerprint density at radius 3 is 2.44 bits per heavy atom. The highest BCUT2D eigenvalue weighted by Crippen LogP contribution is 2.44. The monoisotopic (exact) mass is 343 g/mol. The molecule has 0 radical (unpaired) electrons. The molecule has 2 heterocycles. The molecule has 1 aromatic carbocycles. The van der Waals surface area contributed by atoms with Gasteiger partial charge in [0.2, 0.25) is 5.75 Å². The second-order valence-electron chi connectivity index (χ2n) is 5.62. The van der Waals surface area contributed by atoms with Crippen LogP contribution in [0.3, 0.4) is 0 Å². The predicted octanol–water partition coefficient (Wildman–Crippen LogP) is 2.03. The lowest BCUT2D eigenvalue weighted by molar-refractivity contribution is 0.327. The minimum atomic E-state index is 0.511. The van der Waals surface area contributed by atoms with E-state index in [4.69, 9.17) is 14.2 Å². The molecule has 3 rings (SSSR count). The molecule has 0 fully saturated rings. The number of ether oxygens (including phenoxy) is 3. The maximum absolute atomic E-state index is 5.52. The highest BCUT2D eigenvalue weighted by atomic mass is 16.5. The van der Waals surface area contributed by atoms with Gasteiger partial charge in [-0.25, -0.2) is 9.97 Å². The van der Waals surface area contributed by atoms with E-state index in [0.29, 0.717) is 29.3 Å². The van der Waals surface area contributed by atoms with Gasteiger partial charge >= 0.3 is 0 Å². The average molecular weight is 343 g/mol. The number of fused-ring (bicyclic) bond motifs is 1. The smallest absolute Gasteiger partial charge is 0.205 e. The van der Waals surface area contributed by atoms with E-state index in [9.17, 15) is 0 Å². The minimum absolute atomic E-state index is 0.511. The molecular formula is C17H21N5O3. The summed E-state index contributed by atoms with van der Waals surface area (Å²) < 4.78 is 18.2. The third kappa shape index (κ3) is 3.02. The fraction of sp³-hybridized carbons (Fsp3) is 0.353. The Balaban J connectivity index is 2.12. The summed E-state index contributed by atoms with van der Waals surface area (Å²) in [7, 11) is 8.61. The van der Waals surface area contributed by atoms with E-state index >= 15 is 0 Å². The largest absolute Gasteiger partial charge is 0.493 e. The van der Waals surface area contributed by atoms with Crippen molar-refractivity contribution < 1.29 is 14.2 Å². The zero-order chi connectivity index (χ0) is 18.0. The number of benzene rings is 1. The van der Waals surface area contributed by atoms with Gasteiger partial charge in [0.1, 0.15) is 17.7 Å². The average Bonchev–Trinajstić information content (AvgIpc) is 3.03. The molecule has 0 aliphatic rings. The number of anilines is 1. The van der Waals surface area contributed by atoms with Crippen molar-refractivity contribution in [3.05, 3.63) is 30.4 Å². The number of hydrogen-bond acceptors (Lipinski definition) is 7. The van der Waals surface area contributed by atoms with E-state index in [1.165, 1.54) is 6.33 Å². The van der Waals surface area contributed by atoms with Gasteiger partial charge in [-0.3, -0.25) is 4.68 Å². The number of nitrogens with zero attached hydrogens (tertiary/aromatic N) is 5. The lowest BCUT2D eigenvalue weighted by atomic mass is 10.1. The van der Waals surface area contributed by atoms with E-state index in [-0.39, 0.29) is 0 Å². The Kier molecular flexibility index (Phi) is 4.60. The third-order valence-electron chi connectivity index (χ3n) is 3.95. The molecule has 0 saturated carbocycles. The lowest BCUT2D eigenvalue weighted by Gasteiger charge is -2.21. The number of aryl methyl sites for hydroxylation is 1. The molecule has 0 aliphatic heterocycles. The Hall–Kier alpha value is -3.03. The summed E-state index contributed by atoms with van der Waals surface area (Å²) in [6.45, 7) is 0.663. The summed E-state index contributed by atoms with van der Waals surface area (Å²) in [5, 5.41) is 5.03. The maximum Gasteiger partial charge on any atom is 0.205 e. The van der Waals surface area contributed by atoms with Crippen LogP contribution in [-0.2, 0) is 13.6 Å². The molecule has 0 spiro atoms. The molecule has 0 amide bonds. The van der Waals surface area contributed by atoms with Crippen LogP contribution in [0.2, 0.25) is 0 Å². The summed E-state index contributed by atoms with van der Waals surface area (Å²) >= 11 is 0. The van der Waals surface area contributed by atoms with Crippen LogP contribution >= 0.6 is 0 Å². The number of rotatable bonds is 6. The Labute approximate surface area is 146 Å². The van der Waals surface area contributed by atoms with E-state index in [1.807, 2.05) is 37.5 Å². The molecule has 8 heteroatoms. The van der Waals surface area contributed by atoms with E-state index in [1.54, 1.807) is 26.0 Å². The van der Waals surface area contributed by atoms with Gasteiger partial charge < -0.3 is 19.1 Å². The van der Waals surface area contributed by atoms with Crippen molar-refractivity contribution >= 4 is 16.7 Å². The first-order valence-corrected chi connectivity index (χ1v) is 7.71. The fourth-order valence-electron chi connectivity index (χ4n) is 2.86. The number of methoxy groups -OCH3 is 3. The van der Waals surface area contributed by atoms with Crippen LogP contribution in [-0.4, -0.2) is 48.1 Å². The van der Waals surface area contributed by atoms with Crippen molar-refractivity contribution in [3.63, 3.8) is 0 Å². The molecule has 25 heavy (non-hydrogen) atoms. The predicted molar refractivity (Wildman–Crippen MR) is 94.5 cm³/mol. The molecule has 0 bridgehead atoms. The molecule has 0 saturated heterocycles. The van der Waals surface area contributed by atoms with Gasteiger partial charge in [0, 0.05) is 32.4 Å². The summed E-state index contributed by atoms with van der Waals surface area (Å²) in [6.07, 6.45) is 5.33. The van der Waals surface area contributed by atoms with Gasteiger partial charge in [-0.1, -0.05) is 0 Å². The molecule has 8 nitrogen and oxygen atoms in total. The molecule has 0 N–H and O–H groups in total. The van der Waals surface area contributed by atoms with Crippen LogP contribution in [0, 0.1) is 0 Å². The summed E-state index contributed by atoms with van der Waals surface area (Å²) in [4.78, 5) is 10.9. The molecule has 0 unspecified atom stereocenters. The number of hydrogen-bond donors (Lipinski definition) is 0. The first-order chi connectivity index (χ1) is 12.1. The van der Waals surface area contributed by atoms with Crippen LogP contribution in [0.4, 0.5) is 5.82 Å². The van der Waals surface area contributed by atoms with Crippen molar-refractivity contribution in [2.45, 2.75) is 6.54 Å². The van der Waals surface area contributed by atoms with Crippen molar-refractivity contribution in [1.29, 1.82) is 0 Å². The van der Waals surface area contributed by atoms with E-state index in [2.05, 4.69) is 15.1 Å². The second-order valence-corrected chi connectivity index (χ2v) is 5.62. The Morgan fingerprint density at radius 1 is 1.08 bits per heavy atom. The van der Waals surface area contributed by atoms with Crippen LogP contribution in [0.25, 0.3) is 10.9 Å². The topological polar surface area (TPSA) is 74.5 Å². The molecule has 0 aliphatic carbocycles. The van der Waals surface area contributed by atoms with Crippen molar-refractivity contribution in [2.75, 3.05) is 33.3 Å². The van der Waals surface area contributed by atoms with Gasteiger partial charge in [0.05, 0.1) is 32.9 Å². The van der Waals surface area contributed by atoms with Crippen LogP contribution in [0.15, 0.2) is 24.8 Å². The normalized spacial score (nSPS) is 10.8. The van der Waals surface area contributed by atoms with Crippen molar-refractivity contribution in [2.24, 2.45) is 7.05 Å². The standard InChI is InChI=1S/C17H21N5O3/c1-21(8-11-7-20-22(2)9-11)17-12-6-13(23-3)15(24-4)16(25-5)14(12)18-10-19-17/h6-7,9-10H,8H2,1-5H3. The summed E-state index contributed by atoms with van der Waals surface area (Å²) in [5.74, 6) is 2.37. The van der Waals surface area contributed by atoms with Gasteiger partial charge in [0.15, 0.2) is 11.5 Å². The summed E-state index contributed by atoms with van der Waals surface area (Å²) in [5.41, 5.74) is 1.76. The second kappa shape index (κ2) is 6.84. The molecule has 3 aromatic rings. The first kappa shape index (κ1) is 16.8. The molecular weight excluding hydrogens is 322 g/mol. The first-order valence-electron chi connectivity index (χ1n) is 7.71. The van der Waals surface area contributed by atoms with Gasteiger partial charge in [-0.05, 0) is 6.07 Å². The van der Waals surface area contributed by atoms with Gasteiger partial charge in [0.25, 0.3) is 0 Å². The SMILES string of the molecule is COc1cc2c(N(C)Cc3cnn(C)c3)ncnc2c(OC)c1OC.